The van der Waals surface area contributed by atoms with Crippen molar-refractivity contribution in [1.82, 2.24) is 9.69 Å². The van der Waals surface area contributed by atoms with Crippen LogP contribution >= 0.6 is 11.5 Å². The number of carbonyl (C=O) groups is 1. The first kappa shape index (κ1) is 12.8. The van der Waals surface area contributed by atoms with Crippen molar-refractivity contribution in [3.05, 3.63) is 24.3 Å². The maximum atomic E-state index is 11.7. The first-order valence-corrected chi connectivity index (χ1v) is 6.62. The second-order valence-electron chi connectivity index (χ2n) is 4.85. The van der Waals surface area contributed by atoms with Crippen molar-refractivity contribution in [2.75, 3.05) is 18.9 Å². The number of fused-ring (bicyclic) bond motifs is 1. The lowest BCUT2D eigenvalue weighted by Crippen LogP contribution is -2.39. The molecule has 1 aromatic heterocycles. The first-order chi connectivity index (χ1) is 8.54. The molecule has 96 valence electrons. The number of anilines is 1. The van der Waals surface area contributed by atoms with Gasteiger partial charge in [-0.3, -0.25) is 4.79 Å². The van der Waals surface area contributed by atoms with Crippen LogP contribution in [0.15, 0.2) is 24.3 Å². The highest BCUT2D eigenvalue weighted by Crippen LogP contribution is 2.28. The van der Waals surface area contributed by atoms with Gasteiger partial charge in [-0.05, 0) is 37.5 Å². The summed E-state index contributed by atoms with van der Waals surface area (Å²) in [7, 11) is 1.66. The van der Waals surface area contributed by atoms with Crippen molar-refractivity contribution in [2.24, 2.45) is 5.41 Å². The molecule has 5 heteroatoms. The third kappa shape index (κ3) is 2.46. The van der Waals surface area contributed by atoms with Gasteiger partial charge in [-0.1, -0.05) is 12.1 Å². The van der Waals surface area contributed by atoms with Gasteiger partial charge in [0.1, 0.15) is 5.00 Å². The van der Waals surface area contributed by atoms with Crippen LogP contribution in [-0.2, 0) is 4.79 Å². The Balaban J connectivity index is 2.13. The van der Waals surface area contributed by atoms with Crippen molar-refractivity contribution in [3.63, 3.8) is 0 Å². The van der Waals surface area contributed by atoms with Gasteiger partial charge in [-0.15, -0.1) is 0 Å². The molecule has 0 saturated carbocycles. The molecule has 1 heterocycles. The van der Waals surface area contributed by atoms with Gasteiger partial charge in [-0.2, -0.15) is 4.37 Å². The van der Waals surface area contributed by atoms with E-state index in [-0.39, 0.29) is 5.91 Å². The Labute approximate surface area is 111 Å². The number of hydrogen-bond acceptors (Lipinski definition) is 4. The molecular formula is C13H17N3OS. The van der Waals surface area contributed by atoms with Crippen LogP contribution in [0.3, 0.4) is 0 Å². The third-order valence-electron chi connectivity index (χ3n) is 2.92. The summed E-state index contributed by atoms with van der Waals surface area (Å²) in [5.41, 5.74) is 0.544. The predicted molar refractivity (Wildman–Crippen MR) is 76.0 cm³/mol. The smallest absolute Gasteiger partial charge is 0.227 e. The van der Waals surface area contributed by atoms with E-state index in [0.717, 1.165) is 15.9 Å². The van der Waals surface area contributed by atoms with Crippen molar-refractivity contribution in [1.29, 1.82) is 0 Å². The molecule has 0 aliphatic heterocycles. The van der Waals surface area contributed by atoms with Gasteiger partial charge in [0.05, 0.1) is 10.9 Å². The third-order valence-corrected chi connectivity index (χ3v) is 3.75. The van der Waals surface area contributed by atoms with Crippen molar-refractivity contribution >= 4 is 33.3 Å². The zero-order valence-electron chi connectivity index (χ0n) is 10.8. The summed E-state index contributed by atoms with van der Waals surface area (Å²) in [6, 6.07) is 7.99. The lowest BCUT2D eigenvalue weighted by Gasteiger charge is -2.22. The van der Waals surface area contributed by atoms with Gasteiger partial charge in [0, 0.05) is 19.0 Å². The summed E-state index contributed by atoms with van der Waals surface area (Å²) in [5, 5.41) is 8.12. The van der Waals surface area contributed by atoms with Gasteiger partial charge in [0.15, 0.2) is 0 Å². The van der Waals surface area contributed by atoms with E-state index >= 15 is 0 Å². The number of rotatable bonds is 4. The fourth-order valence-electron chi connectivity index (χ4n) is 1.74. The SMILES string of the molecule is CNC(=O)C(C)(C)CNc1snc2ccccc12. The molecule has 0 unspecified atom stereocenters. The number of benzene rings is 1. The summed E-state index contributed by atoms with van der Waals surface area (Å²) in [4.78, 5) is 11.7. The van der Waals surface area contributed by atoms with Crippen LogP contribution in [0.4, 0.5) is 5.00 Å². The van der Waals surface area contributed by atoms with E-state index in [4.69, 9.17) is 0 Å². The van der Waals surface area contributed by atoms with E-state index in [1.54, 1.807) is 7.05 Å². The number of nitrogens with zero attached hydrogens (tertiary/aromatic N) is 1. The van der Waals surface area contributed by atoms with E-state index in [0.29, 0.717) is 6.54 Å². The zero-order valence-corrected chi connectivity index (χ0v) is 11.6. The Morgan fingerprint density at radius 2 is 2.11 bits per heavy atom. The lowest BCUT2D eigenvalue weighted by atomic mass is 9.92. The predicted octanol–water partition coefficient (Wildman–Crippen LogP) is 2.48. The Morgan fingerprint density at radius 1 is 1.39 bits per heavy atom. The van der Waals surface area contributed by atoms with Gasteiger partial charge in [0.25, 0.3) is 0 Å². The minimum atomic E-state index is -0.445. The van der Waals surface area contributed by atoms with Gasteiger partial charge >= 0.3 is 0 Å². The Kier molecular flexibility index (Phi) is 3.52. The normalized spacial score (nSPS) is 11.5. The van der Waals surface area contributed by atoms with Gasteiger partial charge < -0.3 is 10.6 Å². The average molecular weight is 263 g/mol. The Hall–Kier alpha value is -1.62. The highest BCUT2D eigenvalue weighted by Gasteiger charge is 2.26. The van der Waals surface area contributed by atoms with E-state index in [9.17, 15) is 4.79 Å². The molecule has 0 spiro atoms. The number of aromatic nitrogens is 1. The molecule has 0 atom stereocenters. The molecule has 2 N–H and O–H groups in total. The molecule has 0 radical (unpaired) electrons. The maximum absolute atomic E-state index is 11.7. The highest BCUT2D eigenvalue weighted by atomic mass is 32.1. The fraction of sp³-hybridized carbons (Fsp3) is 0.385. The summed E-state index contributed by atoms with van der Waals surface area (Å²) >= 11 is 1.43. The first-order valence-electron chi connectivity index (χ1n) is 5.85. The van der Waals surface area contributed by atoms with Crippen LogP contribution in [0.1, 0.15) is 13.8 Å². The van der Waals surface area contributed by atoms with Crippen LogP contribution in [0.5, 0.6) is 0 Å². The van der Waals surface area contributed by atoms with Crippen molar-refractivity contribution < 1.29 is 4.79 Å². The van der Waals surface area contributed by atoms with E-state index in [1.165, 1.54) is 11.5 Å². The van der Waals surface area contributed by atoms with Crippen molar-refractivity contribution in [2.45, 2.75) is 13.8 Å². The van der Waals surface area contributed by atoms with Crippen LogP contribution < -0.4 is 10.6 Å². The molecule has 0 saturated heterocycles. The lowest BCUT2D eigenvalue weighted by molar-refractivity contribution is -0.128. The monoisotopic (exact) mass is 263 g/mol. The molecule has 0 fully saturated rings. The number of nitrogens with one attached hydrogen (secondary N) is 2. The average Bonchev–Trinajstić information content (AvgIpc) is 2.78. The number of hydrogen-bond donors (Lipinski definition) is 2. The molecule has 2 rings (SSSR count). The molecular weight excluding hydrogens is 246 g/mol. The second kappa shape index (κ2) is 4.94. The molecule has 4 nitrogen and oxygen atoms in total. The van der Waals surface area contributed by atoms with Crippen LogP contribution in [0.25, 0.3) is 10.9 Å². The molecule has 1 amide bonds. The summed E-state index contributed by atoms with van der Waals surface area (Å²) in [6.45, 7) is 4.42. The minimum absolute atomic E-state index is 0.0313. The Bertz CT molecular complexity index is 562. The standard InChI is InChI=1S/C13H17N3OS/c1-13(2,12(17)14-3)8-15-11-9-6-4-5-7-10(9)16-18-11/h4-7,15H,8H2,1-3H3,(H,14,17). The van der Waals surface area contributed by atoms with Crippen molar-refractivity contribution in [3.8, 4) is 0 Å². The minimum Gasteiger partial charge on any atom is -0.374 e. The van der Waals surface area contributed by atoms with Gasteiger partial charge in [-0.25, -0.2) is 0 Å². The fourth-order valence-corrected chi connectivity index (χ4v) is 2.49. The molecule has 2 aromatic rings. The second-order valence-corrected chi connectivity index (χ2v) is 5.62. The summed E-state index contributed by atoms with van der Waals surface area (Å²) in [6.07, 6.45) is 0. The molecule has 18 heavy (non-hydrogen) atoms. The maximum Gasteiger partial charge on any atom is 0.227 e. The summed E-state index contributed by atoms with van der Waals surface area (Å²) < 4.78 is 4.36. The number of amides is 1. The van der Waals surface area contributed by atoms with E-state index in [2.05, 4.69) is 15.0 Å². The topological polar surface area (TPSA) is 54.0 Å². The molecule has 0 bridgehead atoms. The summed E-state index contributed by atoms with van der Waals surface area (Å²) in [5.74, 6) is 0.0313. The molecule has 0 aliphatic rings. The van der Waals surface area contributed by atoms with Crippen LogP contribution in [-0.4, -0.2) is 23.9 Å². The van der Waals surface area contributed by atoms with E-state index < -0.39 is 5.41 Å². The van der Waals surface area contributed by atoms with Crippen LogP contribution in [0, 0.1) is 5.41 Å². The Morgan fingerprint density at radius 3 is 2.83 bits per heavy atom. The quantitative estimate of drug-likeness (QED) is 0.891. The van der Waals surface area contributed by atoms with E-state index in [1.807, 2.05) is 38.1 Å². The zero-order chi connectivity index (χ0) is 13.2. The molecule has 1 aromatic carbocycles. The van der Waals surface area contributed by atoms with Gasteiger partial charge in [0.2, 0.25) is 5.91 Å². The van der Waals surface area contributed by atoms with Crippen LogP contribution in [0.2, 0.25) is 0 Å². The highest BCUT2D eigenvalue weighted by molar-refractivity contribution is 7.11. The molecule has 0 aliphatic carbocycles. The largest absolute Gasteiger partial charge is 0.374 e. The number of carbonyl (C=O) groups excluding carboxylic acids is 1.